The first-order chi connectivity index (χ1) is 11.1. The minimum Gasteiger partial charge on any atom is -0.445 e. The van der Waals surface area contributed by atoms with Crippen LogP contribution in [0, 0.1) is 5.92 Å². The molecule has 0 aliphatic rings. The zero-order valence-electron chi connectivity index (χ0n) is 13.6. The molecule has 5 heteroatoms. The second-order valence-corrected chi connectivity index (χ2v) is 5.73. The largest absolute Gasteiger partial charge is 0.445 e. The van der Waals surface area contributed by atoms with E-state index < -0.39 is 6.09 Å². The fourth-order valence-electron chi connectivity index (χ4n) is 2.05. The summed E-state index contributed by atoms with van der Waals surface area (Å²) in [5, 5.41) is 6.97. The Morgan fingerprint density at radius 1 is 1.35 bits per heavy atom. The van der Waals surface area contributed by atoms with Gasteiger partial charge in [0.05, 0.1) is 6.20 Å². The highest BCUT2D eigenvalue weighted by Crippen LogP contribution is 2.04. The number of nitrogens with zero attached hydrogens (tertiary/aromatic N) is 2. The van der Waals surface area contributed by atoms with Crippen LogP contribution in [-0.2, 0) is 17.9 Å². The predicted molar refractivity (Wildman–Crippen MR) is 90.7 cm³/mol. The third kappa shape index (κ3) is 6.38. The lowest BCUT2D eigenvalue weighted by atomic mass is 10.2. The van der Waals surface area contributed by atoms with Gasteiger partial charge in [-0.05, 0) is 11.5 Å². The number of alkyl carbamates (subject to hydrolysis) is 1. The van der Waals surface area contributed by atoms with Crippen molar-refractivity contribution in [2.24, 2.45) is 5.92 Å². The molecule has 0 fully saturated rings. The maximum Gasteiger partial charge on any atom is 0.407 e. The van der Waals surface area contributed by atoms with Crippen LogP contribution in [0.5, 0.6) is 0 Å². The zero-order valence-corrected chi connectivity index (χ0v) is 13.6. The quantitative estimate of drug-likeness (QED) is 0.851. The summed E-state index contributed by atoms with van der Waals surface area (Å²) in [6, 6.07) is 9.60. The number of carbonyl (C=O) groups excluding carboxylic acids is 1. The Bertz CT molecular complexity index is 633. The van der Waals surface area contributed by atoms with Gasteiger partial charge in [-0.3, -0.25) is 4.68 Å². The van der Waals surface area contributed by atoms with E-state index in [4.69, 9.17) is 4.74 Å². The summed E-state index contributed by atoms with van der Waals surface area (Å²) in [7, 11) is 0. The first-order valence-electron chi connectivity index (χ1n) is 7.77. The summed E-state index contributed by atoms with van der Waals surface area (Å²) in [6.45, 7) is 5.91. The highest BCUT2D eigenvalue weighted by Gasteiger charge is 2.01. The van der Waals surface area contributed by atoms with Crippen LogP contribution >= 0.6 is 0 Å². The molecule has 1 aromatic carbocycles. The van der Waals surface area contributed by atoms with E-state index in [1.807, 2.05) is 59.6 Å². The van der Waals surface area contributed by atoms with Crippen molar-refractivity contribution in [2.75, 3.05) is 6.54 Å². The Labute approximate surface area is 137 Å². The SMILES string of the molecule is CC(C)Cn1cc(C=CCNC(=O)OCc2ccccc2)cn1. The average Bonchev–Trinajstić information content (AvgIpc) is 2.97. The molecule has 5 nitrogen and oxygen atoms in total. The minimum atomic E-state index is -0.422. The number of nitrogens with one attached hydrogen (secondary N) is 1. The van der Waals surface area contributed by atoms with Crippen molar-refractivity contribution in [3.63, 3.8) is 0 Å². The molecule has 1 heterocycles. The fourth-order valence-corrected chi connectivity index (χ4v) is 2.05. The summed E-state index contributed by atoms with van der Waals surface area (Å²) in [4.78, 5) is 11.6. The molecule has 0 spiro atoms. The molecule has 0 aliphatic carbocycles. The smallest absolute Gasteiger partial charge is 0.407 e. The van der Waals surface area contributed by atoms with Crippen LogP contribution in [0.3, 0.4) is 0 Å². The van der Waals surface area contributed by atoms with E-state index in [9.17, 15) is 4.79 Å². The van der Waals surface area contributed by atoms with Gasteiger partial charge in [-0.2, -0.15) is 5.10 Å². The molecular weight excluding hydrogens is 290 g/mol. The molecule has 0 bridgehead atoms. The van der Waals surface area contributed by atoms with Crippen LogP contribution in [-0.4, -0.2) is 22.4 Å². The highest BCUT2D eigenvalue weighted by atomic mass is 16.5. The van der Waals surface area contributed by atoms with Gasteiger partial charge in [0.2, 0.25) is 0 Å². The molecule has 23 heavy (non-hydrogen) atoms. The number of amides is 1. The summed E-state index contributed by atoms with van der Waals surface area (Å²) >= 11 is 0. The number of rotatable bonds is 7. The molecule has 0 saturated heterocycles. The van der Waals surface area contributed by atoms with Crippen LogP contribution in [0.25, 0.3) is 6.08 Å². The van der Waals surface area contributed by atoms with E-state index in [0.717, 1.165) is 17.7 Å². The lowest BCUT2D eigenvalue weighted by Crippen LogP contribution is -2.24. The topological polar surface area (TPSA) is 56.2 Å². The average molecular weight is 313 g/mol. The summed E-state index contributed by atoms with van der Waals surface area (Å²) in [6.07, 6.45) is 7.19. The Balaban J connectivity index is 1.67. The molecule has 0 unspecified atom stereocenters. The van der Waals surface area contributed by atoms with Crippen molar-refractivity contribution in [1.82, 2.24) is 15.1 Å². The van der Waals surface area contributed by atoms with E-state index in [1.54, 1.807) is 0 Å². The molecule has 0 saturated carbocycles. The summed E-state index contributed by atoms with van der Waals surface area (Å²) in [5.41, 5.74) is 1.99. The third-order valence-corrected chi connectivity index (χ3v) is 3.09. The summed E-state index contributed by atoms with van der Waals surface area (Å²) < 4.78 is 7.05. The van der Waals surface area contributed by atoms with Crippen molar-refractivity contribution in [3.05, 3.63) is 59.9 Å². The number of benzene rings is 1. The fraction of sp³-hybridized carbons (Fsp3) is 0.333. The normalized spacial score (nSPS) is 11.1. The first kappa shape index (κ1) is 16.8. The van der Waals surface area contributed by atoms with Crippen molar-refractivity contribution >= 4 is 12.2 Å². The number of aromatic nitrogens is 2. The molecule has 0 aliphatic heterocycles. The van der Waals surface area contributed by atoms with Crippen LogP contribution in [0.1, 0.15) is 25.0 Å². The molecule has 0 atom stereocenters. The van der Waals surface area contributed by atoms with Crippen molar-refractivity contribution < 1.29 is 9.53 Å². The Kier molecular flexibility index (Phi) is 6.41. The lowest BCUT2D eigenvalue weighted by Gasteiger charge is -2.05. The molecular formula is C18H23N3O2. The van der Waals surface area contributed by atoms with Gasteiger partial charge in [0, 0.05) is 24.8 Å². The molecule has 1 aromatic heterocycles. The van der Waals surface area contributed by atoms with Crippen LogP contribution in [0.2, 0.25) is 0 Å². The van der Waals surface area contributed by atoms with Gasteiger partial charge in [0.1, 0.15) is 6.61 Å². The van der Waals surface area contributed by atoms with Gasteiger partial charge in [-0.25, -0.2) is 4.79 Å². The second kappa shape index (κ2) is 8.78. The maximum atomic E-state index is 11.6. The highest BCUT2D eigenvalue weighted by molar-refractivity contribution is 5.67. The standard InChI is InChI=1S/C18H23N3O2/c1-15(2)12-21-13-17(11-20-21)9-6-10-19-18(22)23-14-16-7-4-3-5-8-16/h3-9,11,13,15H,10,12,14H2,1-2H3,(H,19,22). The van der Waals surface area contributed by atoms with Gasteiger partial charge in [0.15, 0.2) is 0 Å². The van der Waals surface area contributed by atoms with Gasteiger partial charge in [0.25, 0.3) is 0 Å². The molecule has 2 aromatic rings. The van der Waals surface area contributed by atoms with Crippen molar-refractivity contribution in [3.8, 4) is 0 Å². The van der Waals surface area contributed by atoms with E-state index in [1.165, 1.54) is 0 Å². The number of hydrogen-bond acceptors (Lipinski definition) is 3. The zero-order chi connectivity index (χ0) is 16.5. The predicted octanol–water partition coefficient (Wildman–Crippen LogP) is 3.48. The number of ether oxygens (including phenoxy) is 1. The maximum absolute atomic E-state index is 11.6. The Morgan fingerprint density at radius 3 is 2.87 bits per heavy atom. The summed E-state index contributed by atoms with van der Waals surface area (Å²) in [5.74, 6) is 0.563. The molecule has 1 amide bonds. The number of hydrogen-bond donors (Lipinski definition) is 1. The Morgan fingerprint density at radius 2 is 2.13 bits per heavy atom. The third-order valence-electron chi connectivity index (χ3n) is 3.09. The van der Waals surface area contributed by atoms with E-state index in [2.05, 4.69) is 24.3 Å². The van der Waals surface area contributed by atoms with Gasteiger partial charge < -0.3 is 10.1 Å². The van der Waals surface area contributed by atoms with Crippen LogP contribution in [0.15, 0.2) is 48.8 Å². The number of carbonyl (C=O) groups is 1. The van der Waals surface area contributed by atoms with Crippen LogP contribution in [0.4, 0.5) is 4.79 Å². The van der Waals surface area contributed by atoms with E-state index >= 15 is 0 Å². The van der Waals surface area contributed by atoms with E-state index in [-0.39, 0.29) is 6.61 Å². The monoisotopic (exact) mass is 313 g/mol. The van der Waals surface area contributed by atoms with Crippen molar-refractivity contribution in [1.29, 1.82) is 0 Å². The first-order valence-corrected chi connectivity index (χ1v) is 7.77. The van der Waals surface area contributed by atoms with Gasteiger partial charge >= 0.3 is 6.09 Å². The second-order valence-electron chi connectivity index (χ2n) is 5.73. The lowest BCUT2D eigenvalue weighted by molar-refractivity contribution is 0.141. The van der Waals surface area contributed by atoms with Crippen molar-refractivity contribution in [2.45, 2.75) is 27.0 Å². The molecule has 1 N–H and O–H groups in total. The van der Waals surface area contributed by atoms with E-state index in [0.29, 0.717) is 12.5 Å². The Hall–Kier alpha value is -2.56. The van der Waals surface area contributed by atoms with Gasteiger partial charge in [-0.1, -0.05) is 56.3 Å². The van der Waals surface area contributed by atoms with Gasteiger partial charge in [-0.15, -0.1) is 0 Å². The van der Waals surface area contributed by atoms with Crippen LogP contribution < -0.4 is 5.32 Å². The minimum absolute atomic E-state index is 0.276. The molecule has 0 radical (unpaired) electrons. The molecule has 122 valence electrons. The molecule has 2 rings (SSSR count).